The van der Waals surface area contributed by atoms with Crippen LogP contribution >= 0.6 is 0 Å². The van der Waals surface area contributed by atoms with Gasteiger partial charge in [0.1, 0.15) is 18.0 Å². The minimum atomic E-state index is -0.293. The summed E-state index contributed by atoms with van der Waals surface area (Å²) in [6, 6.07) is 14.7. The maximum Gasteiger partial charge on any atom is 0.137 e. The molecule has 0 amide bonds. The van der Waals surface area contributed by atoms with E-state index in [2.05, 4.69) is 38.5 Å². The van der Waals surface area contributed by atoms with Crippen LogP contribution in [0.1, 0.15) is 5.56 Å². The number of halogens is 1. The van der Waals surface area contributed by atoms with E-state index >= 15 is 0 Å². The van der Waals surface area contributed by atoms with Crippen LogP contribution in [0.4, 0.5) is 10.2 Å². The number of hydrogen-bond acceptors (Lipinski definition) is 4. The van der Waals surface area contributed by atoms with E-state index in [1.54, 1.807) is 12.3 Å². The minimum absolute atomic E-state index is 0.293. The maximum atomic E-state index is 13.5. The fraction of sp³-hybridized carbons (Fsp3) is 0.105. The summed E-state index contributed by atoms with van der Waals surface area (Å²) >= 11 is 0. The molecule has 0 radical (unpaired) electrons. The van der Waals surface area contributed by atoms with E-state index in [1.165, 1.54) is 24.0 Å². The van der Waals surface area contributed by atoms with Crippen LogP contribution in [-0.4, -0.2) is 21.5 Å². The van der Waals surface area contributed by atoms with E-state index in [0.717, 1.165) is 22.8 Å². The van der Waals surface area contributed by atoms with Crippen molar-refractivity contribution >= 4 is 27.6 Å². The van der Waals surface area contributed by atoms with Crippen molar-refractivity contribution in [3.05, 3.63) is 72.4 Å². The van der Waals surface area contributed by atoms with Crippen molar-refractivity contribution in [3.63, 3.8) is 0 Å². The Hall–Kier alpha value is -3.08. The topological polar surface area (TPSA) is 50.7 Å². The average Bonchev–Trinajstić information content (AvgIpc) is 2.62. The molecule has 2 aromatic heterocycles. The second-order valence-electron chi connectivity index (χ2n) is 5.55. The van der Waals surface area contributed by atoms with Gasteiger partial charge in [-0.15, -0.1) is 0 Å². The second kappa shape index (κ2) is 6.20. The summed E-state index contributed by atoms with van der Waals surface area (Å²) in [5.74, 6) is 0.353. The third kappa shape index (κ3) is 2.76. The van der Waals surface area contributed by atoms with Crippen molar-refractivity contribution in [2.24, 2.45) is 0 Å². The predicted octanol–water partition coefficient (Wildman–Crippen LogP) is 3.97. The number of benzene rings is 2. The van der Waals surface area contributed by atoms with Crippen LogP contribution in [-0.2, 0) is 6.42 Å². The summed E-state index contributed by atoms with van der Waals surface area (Å²) in [5.41, 5.74) is 2.91. The van der Waals surface area contributed by atoms with Gasteiger partial charge in [0, 0.05) is 23.5 Å². The molecule has 0 saturated carbocycles. The molecule has 0 bridgehead atoms. The lowest BCUT2D eigenvalue weighted by atomic mass is 10.1. The standard InChI is InChI=1S/C19H15FN4/c20-15-6-7-17-16(11-15)19(24-12-23-17)22-10-8-14-4-1-3-13-5-2-9-21-18(13)14/h1-7,9,11-12H,8,10H2,(H,22,23,24). The maximum absolute atomic E-state index is 13.5. The highest BCUT2D eigenvalue weighted by molar-refractivity contribution is 5.88. The number of para-hydroxylation sites is 1. The van der Waals surface area contributed by atoms with Crippen LogP contribution in [0.25, 0.3) is 21.8 Å². The molecule has 4 rings (SSSR count). The van der Waals surface area contributed by atoms with Crippen LogP contribution in [0, 0.1) is 5.82 Å². The molecule has 5 heteroatoms. The van der Waals surface area contributed by atoms with Gasteiger partial charge in [0.25, 0.3) is 0 Å². The van der Waals surface area contributed by atoms with Crippen LogP contribution in [0.3, 0.4) is 0 Å². The largest absolute Gasteiger partial charge is 0.369 e. The Bertz CT molecular complexity index is 1010. The Morgan fingerprint density at radius 3 is 2.83 bits per heavy atom. The number of fused-ring (bicyclic) bond motifs is 2. The molecule has 2 heterocycles. The van der Waals surface area contributed by atoms with E-state index in [0.29, 0.717) is 17.7 Å². The molecule has 1 N–H and O–H groups in total. The zero-order valence-electron chi connectivity index (χ0n) is 12.9. The Labute approximate surface area is 138 Å². The molecule has 0 atom stereocenters. The monoisotopic (exact) mass is 318 g/mol. The SMILES string of the molecule is Fc1ccc2ncnc(NCCc3cccc4cccnc34)c2c1. The van der Waals surface area contributed by atoms with Crippen molar-refractivity contribution in [1.82, 2.24) is 15.0 Å². The highest BCUT2D eigenvalue weighted by Gasteiger charge is 2.06. The normalized spacial score (nSPS) is 11.0. The molecular formula is C19H15FN4. The lowest BCUT2D eigenvalue weighted by Gasteiger charge is -2.09. The first kappa shape index (κ1) is 14.5. The first-order chi connectivity index (χ1) is 11.8. The number of hydrogen-bond donors (Lipinski definition) is 1. The van der Waals surface area contributed by atoms with Gasteiger partial charge in [-0.05, 0) is 36.2 Å². The number of anilines is 1. The first-order valence-electron chi connectivity index (χ1n) is 7.78. The molecule has 24 heavy (non-hydrogen) atoms. The molecule has 0 aliphatic carbocycles. The molecule has 0 aliphatic heterocycles. The third-order valence-electron chi connectivity index (χ3n) is 4.00. The van der Waals surface area contributed by atoms with Crippen molar-refractivity contribution in [1.29, 1.82) is 0 Å². The third-order valence-corrected chi connectivity index (χ3v) is 4.00. The fourth-order valence-corrected chi connectivity index (χ4v) is 2.85. The highest BCUT2D eigenvalue weighted by Crippen LogP contribution is 2.21. The highest BCUT2D eigenvalue weighted by atomic mass is 19.1. The molecule has 0 saturated heterocycles. The first-order valence-corrected chi connectivity index (χ1v) is 7.78. The van der Waals surface area contributed by atoms with Crippen molar-refractivity contribution in [3.8, 4) is 0 Å². The second-order valence-corrected chi connectivity index (χ2v) is 5.55. The van der Waals surface area contributed by atoms with Crippen LogP contribution < -0.4 is 5.32 Å². The zero-order chi connectivity index (χ0) is 16.4. The van der Waals surface area contributed by atoms with Crippen molar-refractivity contribution < 1.29 is 4.39 Å². The molecule has 0 spiro atoms. The minimum Gasteiger partial charge on any atom is -0.369 e. The van der Waals surface area contributed by atoms with E-state index in [9.17, 15) is 4.39 Å². The zero-order valence-corrected chi connectivity index (χ0v) is 12.9. The molecule has 2 aromatic carbocycles. The Morgan fingerprint density at radius 1 is 0.958 bits per heavy atom. The van der Waals surface area contributed by atoms with Crippen LogP contribution in [0.2, 0.25) is 0 Å². The summed E-state index contributed by atoms with van der Waals surface area (Å²) in [4.78, 5) is 12.9. The van der Waals surface area contributed by atoms with E-state index in [-0.39, 0.29) is 5.82 Å². The summed E-state index contributed by atoms with van der Waals surface area (Å²) in [5, 5.41) is 5.10. The van der Waals surface area contributed by atoms with Gasteiger partial charge < -0.3 is 5.32 Å². The van der Waals surface area contributed by atoms with Crippen molar-refractivity contribution in [2.75, 3.05) is 11.9 Å². The molecule has 0 unspecified atom stereocenters. The molecular weight excluding hydrogens is 303 g/mol. The number of rotatable bonds is 4. The van der Waals surface area contributed by atoms with Crippen molar-refractivity contribution in [2.45, 2.75) is 6.42 Å². The molecule has 118 valence electrons. The number of aromatic nitrogens is 3. The smallest absolute Gasteiger partial charge is 0.137 e. The molecule has 0 fully saturated rings. The molecule has 4 aromatic rings. The van der Waals surface area contributed by atoms with Gasteiger partial charge in [-0.1, -0.05) is 24.3 Å². The quantitative estimate of drug-likeness (QED) is 0.618. The van der Waals surface area contributed by atoms with Gasteiger partial charge in [-0.3, -0.25) is 4.98 Å². The Balaban J connectivity index is 1.56. The fourth-order valence-electron chi connectivity index (χ4n) is 2.85. The van der Waals surface area contributed by atoms with Gasteiger partial charge in [-0.2, -0.15) is 0 Å². The average molecular weight is 318 g/mol. The summed E-state index contributed by atoms with van der Waals surface area (Å²) in [6.45, 7) is 0.679. The van der Waals surface area contributed by atoms with E-state index in [1.807, 2.05) is 12.1 Å². The lowest BCUT2D eigenvalue weighted by molar-refractivity contribution is 0.629. The Kier molecular flexibility index (Phi) is 3.75. The molecule has 4 nitrogen and oxygen atoms in total. The van der Waals surface area contributed by atoms with Gasteiger partial charge in [-0.25, -0.2) is 14.4 Å². The lowest BCUT2D eigenvalue weighted by Crippen LogP contribution is -2.07. The molecule has 0 aliphatic rings. The van der Waals surface area contributed by atoms with Crippen LogP contribution in [0.15, 0.2) is 61.1 Å². The Morgan fingerprint density at radius 2 is 1.88 bits per heavy atom. The van der Waals surface area contributed by atoms with E-state index in [4.69, 9.17) is 0 Å². The summed E-state index contributed by atoms with van der Waals surface area (Å²) in [6.07, 6.45) is 4.09. The summed E-state index contributed by atoms with van der Waals surface area (Å²) < 4.78 is 13.5. The van der Waals surface area contributed by atoms with Gasteiger partial charge in [0.05, 0.1) is 11.0 Å². The number of nitrogens with zero attached hydrogens (tertiary/aromatic N) is 3. The number of pyridine rings is 1. The number of nitrogens with one attached hydrogen (secondary N) is 1. The van der Waals surface area contributed by atoms with Gasteiger partial charge in [0.15, 0.2) is 0 Å². The van der Waals surface area contributed by atoms with E-state index < -0.39 is 0 Å². The van der Waals surface area contributed by atoms with Gasteiger partial charge >= 0.3 is 0 Å². The van der Waals surface area contributed by atoms with Crippen LogP contribution in [0.5, 0.6) is 0 Å². The van der Waals surface area contributed by atoms with Gasteiger partial charge in [0.2, 0.25) is 0 Å². The summed E-state index contributed by atoms with van der Waals surface area (Å²) in [7, 11) is 0. The predicted molar refractivity (Wildman–Crippen MR) is 93.4 cm³/mol.